The van der Waals surface area contributed by atoms with E-state index in [-0.39, 0.29) is 5.69 Å². The second-order valence-corrected chi connectivity index (χ2v) is 12.6. The average molecular weight is 669 g/mol. The van der Waals surface area contributed by atoms with Gasteiger partial charge >= 0.3 is 5.69 Å². The van der Waals surface area contributed by atoms with Crippen molar-refractivity contribution in [2.75, 3.05) is 0 Å². The molecule has 0 aliphatic carbocycles. The van der Waals surface area contributed by atoms with Crippen LogP contribution in [0.2, 0.25) is 0 Å². The Morgan fingerprint density at radius 2 is 0.808 bits per heavy atom. The molecule has 9 rings (SSSR count). The van der Waals surface area contributed by atoms with Crippen molar-refractivity contribution in [3.05, 3.63) is 205 Å². The summed E-state index contributed by atoms with van der Waals surface area (Å²) in [5, 5.41) is 0. The van der Waals surface area contributed by atoms with Crippen molar-refractivity contribution in [1.29, 1.82) is 0 Å². The van der Waals surface area contributed by atoms with Crippen LogP contribution < -0.4 is 5.69 Å². The van der Waals surface area contributed by atoms with Crippen LogP contribution in [0.4, 0.5) is 0 Å². The third kappa shape index (κ3) is 5.70. The summed E-state index contributed by atoms with van der Waals surface area (Å²) >= 11 is 0. The summed E-state index contributed by atoms with van der Waals surface area (Å²) < 4.78 is 3.62. The van der Waals surface area contributed by atoms with Crippen molar-refractivity contribution in [3.63, 3.8) is 0 Å². The molecule has 5 heteroatoms. The van der Waals surface area contributed by atoms with Crippen LogP contribution in [0.1, 0.15) is 0 Å². The highest BCUT2D eigenvalue weighted by Crippen LogP contribution is 2.34. The molecule has 0 N–H and O–H groups in total. The highest BCUT2D eigenvalue weighted by Gasteiger charge is 2.20. The maximum absolute atomic E-state index is 14.1. The molecule has 246 valence electrons. The summed E-state index contributed by atoms with van der Waals surface area (Å²) in [5.41, 5.74) is 12.3. The van der Waals surface area contributed by atoms with E-state index in [0.29, 0.717) is 5.82 Å². The zero-order chi connectivity index (χ0) is 34.9. The zero-order valence-corrected chi connectivity index (χ0v) is 28.2. The molecule has 0 spiro atoms. The number of fused-ring (bicyclic) bond motifs is 1. The number of nitrogens with zero attached hydrogens (tertiary/aromatic N) is 4. The standard InChI is InChI=1S/C47H32N4O/c52-47-50(39-18-9-3-10-19-39)44-23-13-22-41(45(44)51(47)40-20-11-4-12-21-40)35-28-24-33(25-29-35)34-26-30-37(31-27-34)43-32-42(36-14-5-1-6-15-36)48-46(49-43)38-16-7-2-8-17-38/h1-32H. The Labute approximate surface area is 301 Å². The molecular formula is C47H32N4O. The van der Waals surface area contributed by atoms with Gasteiger partial charge in [0, 0.05) is 22.3 Å². The van der Waals surface area contributed by atoms with E-state index < -0.39 is 0 Å². The first kappa shape index (κ1) is 30.9. The number of hydrogen-bond donors (Lipinski definition) is 0. The van der Waals surface area contributed by atoms with E-state index in [9.17, 15) is 4.79 Å². The van der Waals surface area contributed by atoms with Crippen molar-refractivity contribution in [2.24, 2.45) is 0 Å². The van der Waals surface area contributed by atoms with E-state index in [2.05, 4.69) is 72.8 Å². The fourth-order valence-corrected chi connectivity index (χ4v) is 6.87. The minimum absolute atomic E-state index is 0.105. The van der Waals surface area contributed by atoms with Gasteiger partial charge in [0.25, 0.3) is 0 Å². The van der Waals surface area contributed by atoms with E-state index in [1.54, 1.807) is 4.57 Å². The Hall–Kier alpha value is -7.11. The van der Waals surface area contributed by atoms with Gasteiger partial charge in [0.2, 0.25) is 0 Å². The molecule has 2 aromatic heterocycles. The lowest BCUT2D eigenvalue weighted by Crippen LogP contribution is -2.22. The second-order valence-electron chi connectivity index (χ2n) is 12.6. The minimum atomic E-state index is -0.105. The molecular weight excluding hydrogens is 637 g/mol. The maximum Gasteiger partial charge on any atom is 0.338 e. The SMILES string of the molecule is O=c1n(-c2ccccc2)c2cccc(-c3ccc(-c4ccc(-c5cc(-c6ccccc6)nc(-c6ccccc6)n5)cc4)cc3)c2n1-c1ccccc1. The third-order valence-corrected chi connectivity index (χ3v) is 9.43. The highest BCUT2D eigenvalue weighted by molar-refractivity contribution is 5.95. The van der Waals surface area contributed by atoms with Gasteiger partial charge in [-0.2, -0.15) is 0 Å². The predicted octanol–water partition coefficient (Wildman–Crippen LogP) is 10.9. The van der Waals surface area contributed by atoms with Crippen LogP contribution in [-0.2, 0) is 0 Å². The van der Waals surface area contributed by atoms with E-state index in [1.165, 1.54) is 0 Å². The average Bonchev–Trinajstić information content (AvgIpc) is 3.53. The van der Waals surface area contributed by atoms with Crippen molar-refractivity contribution in [2.45, 2.75) is 0 Å². The minimum Gasteiger partial charge on any atom is -0.260 e. The Morgan fingerprint density at radius 1 is 0.365 bits per heavy atom. The monoisotopic (exact) mass is 668 g/mol. The fourth-order valence-electron chi connectivity index (χ4n) is 6.87. The Kier molecular flexibility index (Phi) is 7.91. The van der Waals surface area contributed by atoms with Crippen molar-refractivity contribution >= 4 is 11.0 Å². The summed E-state index contributed by atoms with van der Waals surface area (Å²) in [4.78, 5) is 24.1. The van der Waals surface area contributed by atoms with Crippen LogP contribution >= 0.6 is 0 Å². The largest absolute Gasteiger partial charge is 0.338 e. The van der Waals surface area contributed by atoms with Gasteiger partial charge in [-0.3, -0.25) is 9.13 Å². The van der Waals surface area contributed by atoms with E-state index in [0.717, 1.165) is 72.7 Å². The molecule has 0 unspecified atom stereocenters. The molecule has 0 bridgehead atoms. The van der Waals surface area contributed by atoms with E-state index >= 15 is 0 Å². The van der Waals surface area contributed by atoms with Gasteiger partial charge in [-0.05, 0) is 53.1 Å². The number of rotatable bonds is 7. The topological polar surface area (TPSA) is 52.7 Å². The van der Waals surface area contributed by atoms with Gasteiger partial charge < -0.3 is 0 Å². The first-order valence-electron chi connectivity index (χ1n) is 17.3. The first-order valence-corrected chi connectivity index (χ1v) is 17.3. The molecule has 0 saturated carbocycles. The lowest BCUT2D eigenvalue weighted by atomic mass is 9.98. The summed E-state index contributed by atoms with van der Waals surface area (Å²) in [6, 6.07) is 65.3. The van der Waals surface area contributed by atoms with Crippen molar-refractivity contribution < 1.29 is 0 Å². The predicted molar refractivity (Wildman–Crippen MR) is 212 cm³/mol. The zero-order valence-electron chi connectivity index (χ0n) is 28.2. The number of aromatic nitrogens is 4. The number of imidazole rings is 1. The van der Waals surface area contributed by atoms with Crippen LogP contribution in [0.5, 0.6) is 0 Å². The fraction of sp³-hybridized carbons (Fsp3) is 0. The second kappa shape index (κ2) is 13.3. The van der Waals surface area contributed by atoms with Crippen LogP contribution in [0.3, 0.4) is 0 Å². The van der Waals surface area contributed by atoms with Crippen molar-refractivity contribution in [1.82, 2.24) is 19.1 Å². The van der Waals surface area contributed by atoms with E-state index in [4.69, 9.17) is 9.97 Å². The van der Waals surface area contributed by atoms with Crippen LogP contribution in [0, 0.1) is 0 Å². The van der Waals surface area contributed by atoms with Crippen LogP contribution in [-0.4, -0.2) is 19.1 Å². The number of para-hydroxylation sites is 3. The number of benzene rings is 7. The summed E-state index contributed by atoms with van der Waals surface area (Å²) in [7, 11) is 0. The Bertz CT molecular complexity index is 2640. The maximum atomic E-state index is 14.1. The number of hydrogen-bond acceptors (Lipinski definition) is 3. The summed E-state index contributed by atoms with van der Waals surface area (Å²) in [6.07, 6.45) is 0. The molecule has 5 nitrogen and oxygen atoms in total. The Balaban J connectivity index is 1.08. The molecule has 0 atom stereocenters. The van der Waals surface area contributed by atoms with Gasteiger partial charge in [0.15, 0.2) is 5.82 Å². The van der Waals surface area contributed by atoms with Crippen molar-refractivity contribution in [3.8, 4) is 67.5 Å². The third-order valence-electron chi connectivity index (χ3n) is 9.43. The summed E-state index contributed by atoms with van der Waals surface area (Å²) in [6.45, 7) is 0. The summed E-state index contributed by atoms with van der Waals surface area (Å²) in [5.74, 6) is 0.698. The molecule has 0 saturated heterocycles. The molecule has 9 aromatic rings. The van der Waals surface area contributed by atoms with Crippen LogP contribution in [0.15, 0.2) is 199 Å². The van der Waals surface area contributed by atoms with Gasteiger partial charge in [-0.1, -0.05) is 158 Å². The van der Waals surface area contributed by atoms with Crippen LogP contribution in [0.25, 0.3) is 78.6 Å². The van der Waals surface area contributed by atoms with E-state index in [1.807, 2.05) is 126 Å². The smallest absolute Gasteiger partial charge is 0.260 e. The Morgan fingerprint density at radius 3 is 1.37 bits per heavy atom. The molecule has 0 aliphatic heterocycles. The molecule has 0 radical (unpaired) electrons. The van der Waals surface area contributed by atoms with Gasteiger partial charge in [0.05, 0.1) is 33.8 Å². The quantitative estimate of drug-likeness (QED) is 0.170. The molecule has 0 aliphatic rings. The molecule has 0 fully saturated rings. The van der Waals surface area contributed by atoms with Gasteiger partial charge in [0.1, 0.15) is 0 Å². The molecule has 7 aromatic carbocycles. The molecule has 0 amide bonds. The lowest BCUT2D eigenvalue weighted by Gasteiger charge is -2.11. The molecule has 2 heterocycles. The molecule has 52 heavy (non-hydrogen) atoms. The lowest BCUT2D eigenvalue weighted by molar-refractivity contribution is 0.931. The van der Waals surface area contributed by atoms with Gasteiger partial charge in [-0.25, -0.2) is 14.8 Å². The normalized spacial score (nSPS) is 11.2. The van der Waals surface area contributed by atoms with Gasteiger partial charge in [-0.15, -0.1) is 0 Å². The highest BCUT2D eigenvalue weighted by atomic mass is 16.1. The first-order chi connectivity index (χ1) is 25.7.